The van der Waals surface area contributed by atoms with Crippen molar-refractivity contribution >= 4 is 5.78 Å². The van der Waals surface area contributed by atoms with Gasteiger partial charge < -0.3 is 19.5 Å². The molecule has 1 heterocycles. The van der Waals surface area contributed by atoms with Crippen molar-refractivity contribution in [2.75, 3.05) is 20.8 Å². The first-order chi connectivity index (χ1) is 14.6. The van der Waals surface area contributed by atoms with Gasteiger partial charge in [0.25, 0.3) is 0 Å². The number of carbonyl (C=O) groups is 1. The van der Waals surface area contributed by atoms with Crippen molar-refractivity contribution in [1.29, 1.82) is 0 Å². The fraction of sp³-hybridized carbons (Fsp3) is 0.480. The summed E-state index contributed by atoms with van der Waals surface area (Å²) in [5.74, 6) is 1.81. The van der Waals surface area contributed by atoms with E-state index in [1.807, 2.05) is 24.3 Å². The SMILES string of the molecule is COc1c(OCc2ccccc2)ccc2c1[C@]13CCN[C@H](C2)[C@]1(OC)CCC(=O)C3. The number of nitrogens with one attached hydrogen (secondary N) is 1. The first-order valence-corrected chi connectivity index (χ1v) is 10.8. The molecular formula is C25H29NO4. The van der Waals surface area contributed by atoms with E-state index < -0.39 is 5.60 Å². The molecule has 0 amide bonds. The molecule has 0 unspecified atom stereocenters. The van der Waals surface area contributed by atoms with Crippen molar-refractivity contribution in [2.45, 2.75) is 55.8 Å². The molecule has 2 aromatic rings. The van der Waals surface area contributed by atoms with Crippen LogP contribution in [0.5, 0.6) is 11.5 Å². The number of benzene rings is 2. The molecule has 5 rings (SSSR count). The maximum atomic E-state index is 12.7. The van der Waals surface area contributed by atoms with Crippen LogP contribution in [0.2, 0.25) is 0 Å². The van der Waals surface area contributed by atoms with Crippen LogP contribution >= 0.6 is 0 Å². The Morgan fingerprint density at radius 3 is 2.70 bits per heavy atom. The predicted molar refractivity (Wildman–Crippen MR) is 114 cm³/mol. The zero-order valence-electron chi connectivity index (χ0n) is 17.7. The zero-order valence-corrected chi connectivity index (χ0v) is 17.7. The largest absolute Gasteiger partial charge is 0.493 e. The van der Waals surface area contributed by atoms with Crippen LogP contribution < -0.4 is 14.8 Å². The average Bonchev–Trinajstić information content (AvgIpc) is 2.77. The Hall–Kier alpha value is -2.37. The molecule has 30 heavy (non-hydrogen) atoms. The molecule has 1 saturated carbocycles. The van der Waals surface area contributed by atoms with Gasteiger partial charge in [-0.05, 0) is 43.0 Å². The standard InChI is InChI=1S/C25H29NO4/c1-28-23-20(30-16-17-6-4-3-5-7-17)9-8-18-14-21-25(29-2)11-10-19(27)15-24(25,22(18)23)12-13-26-21/h3-9,21,26H,10-16H2,1-2H3/t21-,24-,25-/m1/s1. The van der Waals surface area contributed by atoms with Gasteiger partial charge in [-0.3, -0.25) is 4.79 Å². The fourth-order valence-electron chi connectivity index (χ4n) is 6.24. The molecule has 3 atom stereocenters. The molecular weight excluding hydrogens is 378 g/mol. The third kappa shape index (κ3) is 2.72. The van der Waals surface area contributed by atoms with Gasteiger partial charge in [0.1, 0.15) is 12.4 Å². The quantitative estimate of drug-likeness (QED) is 0.821. The van der Waals surface area contributed by atoms with E-state index >= 15 is 0 Å². The van der Waals surface area contributed by atoms with Crippen molar-refractivity contribution in [1.82, 2.24) is 5.32 Å². The number of hydrogen-bond acceptors (Lipinski definition) is 5. The molecule has 1 N–H and O–H groups in total. The summed E-state index contributed by atoms with van der Waals surface area (Å²) in [6.07, 6.45) is 3.56. The Morgan fingerprint density at radius 1 is 1.10 bits per heavy atom. The van der Waals surface area contributed by atoms with Crippen LogP contribution in [-0.2, 0) is 28.0 Å². The predicted octanol–water partition coefficient (Wildman–Crippen LogP) is 3.57. The molecule has 5 nitrogen and oxygen atoms in total. The van der Waals surface area contributed by atoms with Crippen LogP contribution in [0.15, 0.2) is 42.5 Å². The molecule has 0 aromatic heterocycles. The number of Topliss-reactive ketones (excluding diaryl/α,β-unsaturated/α-hetero) is 1. The highest BCUT2D eigenvalue weighted by molar-refractivity contribution is 5.83. The number of fused-ring (bicyclic) bond motifs is 1. The molecule has 2 bridgehead atoms. The Morgan fingerprint density at radius 2 is 1.93 bits per heavy atom. The lowest BCUT2D eigenvalue weighted by Gasteiger charge is -2.62. The number of rotatable bonds is 5. The summed E-state index contributed by atoms with van der Waals surface area (Å²) in [4.78, 5) is 12.7. The van der Waals surface area contributed by atoms with E-state index in [2.05, 4.69) is 23.5 Å². The Bertz CT molecular complexity index is 959. The van der Waals surface area contributed by atoms with Gasteiger partial charge in [-0.2, -0.15) is 0 Å². The summed E-state index contributed by atoms with van der Waals surface area (Å²) < 4.78 is 18.5. The van der Waals surface area contributed by atoms with Gasteiger partial charge in [0.05, 0.1) is 12.7 Å². The third-order valence-electron chi connectivity index (χ3n) is 7.51. The summed E-state index contributed by atoms with van der Waals surface area (Å²) in [7, 11) is 3.51. The van der Waals surface area contributed by atoms with Crippen molar-refractivity contribution in [2.24, 2.45) is 0 Å². The van der Waals surface area contributed by atoms with Crippen molar-refractivity contribution < 1.29 is 19.0 Å². The van der Waals surface area contributed by atoms with Gasteiger partial charge in [-0.15, -0.1) is 0 Å². The van der Waals surface area contributed by atoms with Gasteiger partial charge in [0, 0.05) is 37.0 Å². The van der Waals surface area contributed by atoms with Gasteiger partial charge in [0.15, 0.2) is 11.5 Å². The van der Waals surface area contributed by atoms with Crippen LogP contribution in [-0.4, -0.2) is 38.2 Å². The second-order valence-corrected chi connectivity index (χ2v) is 8.76. The van der Waals surface area contributed by atoms with Crippen molar-refractivity contribution in [3.8, 4) is 11.5 Å². The number of hydrogen-bond donors (Lipinski definition) is 1. The number of carbonyl (C=O) groups excluding carboxylic acids is 1. The van der Waals surface area contributed by atoms with E-state index in [9.17, 15) is 4.79 Å². The van der Waals surface area contributed by atoms with E-state index in [0.717, 1.165) is 48.4 Å². The molecule has 2 fully saturated rings. The van der Waals surface area contributed by atoms with E-state index in [0.29, 0.717) is 25.2 Å². The highest BCUT2D eigenvalue weighted by Crippen LogP contribution is 2.60. The molecule has 2 aromatic carbocycles. The van der Waals surface area contributed by atoms with Crippen LogP contribution in [0.3, 0.4) is 0 Å². The summed E-state index contributed by atoms with van der Waals surface area (Å²) in [5, 5.41) is 3.68. The molecule has 3 aliphatic rings. The summed E-state index contributed by atoms with van der Waals surface area (Å²) in [6, 6.07) is 14.5. The maximum Gasteiger partial charge on any atom is 0.164 e. The summed E-state index contributed by atoms with van der Waals surface area (Å²) in [6.45, 7) is 1.35. The fourth-order valence-corrected chi connectivity index (χ4v) is 6.24. The molecule has 5 heteroatoms. The second kappa shape index (κ2) is 7.40. The minimum absolute atomic E-state index is 0.206. The van der Waals surface area contributed by atoms with Crippen LogP contribution in [0.4, 0.5) is 0 Å². The number of ether oxygens (including phenoxy) is 3. The second-order valence-electron chi connectivity index (χ2n) is 8.76. The third-order valence-corrected chi connectivity index (χ3v) is 7.51. The molecule has 1 saturated heterocycles. The minimum Gasteiger partial charge on any atom is -0.493 e. The van der Waals surface area contributed by atoms with Crippen LogP contribution in [0, 0.1) is 0 Å². The van der Waals surface area contributed by atoms with Crippen molar-refractivity contribution in [3.63, 3.8) is 0 Å². The van der Waals surface area contributed by atoms with Gasteiger partial charge >= 0.3 is 0 Å². The lowest BCUT2D eigenvalue weighted by molar-refractivity contribution is -0.161. The van der Waals surface area contributed by atoms with Crippen molar-refractivity contribution in [3.05, 3.63) is 59.2 Å². The average molecular weight is 408 g/mol. The topological polar surface area (TPSA) is 56.8 Å². The normalized spacial score (nSPS) is 29.7. The smallest absolute Gasteiger partial charge is 0.164 e. The van der Waals surface area contributed by atoms with Crippen LogP contribution in [0.25, 0.3) is 0 Å². The van der Waals surface area contributed by atoms with Crippen LogP contribution in [0.1, 0.15) is 42.4 Å². The maximum absolute atomic E-state index is 12.7. The Balaban J connectivity index is 1.63. The Kier molecular flexibility index (Phi) is 4.83. The highest BCUT2D eigenvalue weighted by atomic mass is 16.5. The summed E-state index contributed by atoms with van der Waals surface area (Å²) >= 11 is 0. The molecule has 0 radical (unpaired) electrons. The molecule has 2 aliphatic carbocycles. The summed E-state index contributed by atoms with van der Waals surface area (Å²) in [5.41, 5.74) is 2.70. The number of methoxy groups -OCH3 is 2. The van der Waals surface area contributed by atoms with Gasteiger partial charge in [-0.25, -0.2) is 0 Å². The monoisotopic (exact) mass is 407 g/mol. The lowest BCUT2D eigenvalue weighted by atomic mass is 9.49. The van der Waals surface area contributed by atoms with E-state index in [4.69, 9.17) is 14.2 Å². The van der Waals surface area contributed by atoms with Gasteiger partial charge in [-0.1, -0.05) is 36.4 Å². The lowest BCUT2D eigenvalue weighted by Crippen LogP contribution is -2.73. The zero-order chi connectivity index (χ0) is 20.8. The van der Waals surface area contributed by atoms with E-state index in [1.54, 1.807) is 14.2 Å². The number of piperidine rings is 1. The number of ketones is 1. The van der Waals surface area contributed by atoms with E-state index in [-0.39, 0.29) is 11.5 Å². The molecule has 158 valence electrons. The van der Waals surface area contributed by atoms with E-state index in [1.165, 1.54) is 5.56 Å². The highest BCUT2D eigenvalue weighted by Gasteiger charge is 2.65. The minimum atomic E-state index is -0.391. The first-order valence-electron chi connectivity index (χ1n) is 10.8. The first kappa shape index (κ1) is 19.6. The van der Waals surface area contributed by atoms with Gasteiger partial charge in [0.2, 0.25) is 0 Å². The Labute approximate surface area is 177 Å². The molecule has 0 spiro atoms. The molecule has 1 aliphatic heterocycles.